The zero-order valence-corrected chi connectivity index (χ0v) is 12.6. The lowest BCUT2D eigenvalue weighted by Crippen LogP contribution is -2.22. The third-order valence-corrected chi connectivity index (χ3v) is 4.11. The summed E-state index contributed by atoms with van der Waals surface area (Å²) < 4.78 is 0. The van der Waals surface area contributed by atoms with Gasteiger partial charge in [0, 0.05) is 27.6 Å². The van der Waals surface area contributed by atoms with Crippen LogP contribution in [0.2, 0.25) is 0 Å². The van der Waals surface area contributed by atoms with Crippen molar-refractivity contribution in [1.82, 2.24) is 10.3 Å². The van der Waals surface area contributed by atoms with E-state index in [1.54, 1.807) is 16.7 Å². The van der Waals surface area contributed by atoms with Crippen molar-refractivity contribution in [3.8, 4) is 11.8 Å². The van der Waals surface area contributed by atoms with Gasteiger partial charge in [-0.3, -0.25) is 4.79 Å². The number of nitrogens with one attached hydrogen (secondary N) is 1. The Balaban J connectivity index is 1.88. The lowest BCUT2D eigenvalue weighted by atomic mass is 10.3. The van der Waals surface area contributed by atoms with Crippen molar-refractivity contribution in [2.45, 2.75) is 19.9 Å². The van der Waals surface area contributed by atoms with Gasteiger partial charge in [0.1, 0.15) is 5.69 Å². The molecule has 2 N–H and O–H groups in total. The van der Waals surface area contributed by atoms with Crippen LogP contribution in [0.4, 0.5) is 0 Å². The maximum atomic E-state index is 11.8. The first-order chi connectivity index (χ1) is 9.69. The first kappa shape index (κ1) is 14.7. The highest BCUT2D eigenvalue weighted by molar-refractivity contribution is 7.10. The average molecular weight is 306 g/mol. The Bertz CT molecular complexity index is 649. The van der Waals surface area contributed by atoms with Crippen molar-refractivity contribution >= 4 is 28.6 Å². The third kappa shape index (κ3) is 4.17. The number of carbonyl (C=O) groups is 1. The minimum atomic E-state index is -0.157. The van der Waals surface area contributed by atoms with Gasteiger partial charge in [-0.05, 0) is 13.0 Å². The molecule has 0 aliphatic heterocycles. The minimum Gasteiger partial charge on any atom is -0.395 e. The molecule has 6 heteroatoms. The Morgan fingerprint density at radius 3 is 3.00 bits per heavy atom. The second-order valence-electron chi connectivity index (χ2n) is 4.01. The molecule has 0 atom stereocenters. The summed E-state index contributed by atoms with van der Waals surface area (Å²) in [6, 6.07) is 1.95. The van der Waals surface area contributed by atoms with Crippen LogP contribution >= 0.6 is 22.7 Å². The topological polar surface area (TPSA) is 62.2 Å². The Hall–Kier alpha value is -1.68. The molecule has 0 aliphatic carbocycles. The summed E-state index contributed by atoms with van der Waals surface area (Å²) in [6.07, 6.45) is 0.477. The second kappa shape index (κ2) is 7.20. The van der Waals surface area contributed by atoms with Gasteiger partial charge in [-0.1, -0.05) is 11.8 Å². The number of aromatic nitrogens is 1. The van der Waals surface area contributed by atoms with Crippen LogP contribution in [0, 0.1) is 18.8 Å². The van der Waals surface area contributed by atoms with E-state index in [4.69, 9.17) is 5.11 Å². The van der Waals surface area contributed by atoms with Crippen molar-refractivity contribution in [3.63, 3.8) is 0 Å². The first-order valence-electron chi connectivity index (χ1n) is 6.06. The van der Waals surface area contributed by atoms with Crippen molar-refractivity contribution in [2.75, 3.05) is 6.61 Å². The number of aliphatic hydroxyl groups excluding tert-OH is 1. The second-order valence-corrected chi connectivity index (χ2v) is 6.07. The van der Waals surface area contributed by atoms with E-state index in [1.165, 1.54) is 11.3 Å². The number of carbonyl (C=O) groups excluding carboxylic acids is 1. The number of rotatable bonds is 4. The highest BCUT2D eigenvalue weighted by atomic mass is 32.1. The lowest BCUT2D eigenvalue weighted by Gasteiger charge is -1.99. The summed E-state index contributed by atoms with van der Waals surface area (Å²) in [6.45, 7) is 2.42. The van der Waals surface area contributed by atoms with Gasteiger partial charge >= 0.3 is 0 Å². The minimum absolute atomic E-state index is 0.0765. The van der Waals surface area contributed by atoms with E-state index in [-0.39, 0.29) is 12.5 Å². The van der Waals surface area contributed by atoms with Crippen molar-refractivity contribution in [3.05, 3.63) is 38.0 Å². The predicted molar refractivity (Wildman–Crippen MR) is 80.9 cm³/mol. The molecule has 0 bridgehead atoms. The van der Waals surface area contributed by atoms with Gasteiger partial charge in [0.25, 0.3) is 5.91 Å². The van der Waals surface area contributed by atoms with Gasteiger partial charge in [0.2, 0.25) is 0 Å². The molecule has 0 spiro atoms. The van der Waals surface area contributed by atoms with Gasteiger partial charge in [0.15, 0.2) is 0 Å². The fourth-order valence-corrected chi connectivity index (χ4v) is 2.83. The molecule has 0 aromatic carbocycles. The molecule has 104 valence electrons. The normalized spacial score (nSPS) is 9.90. The molecule has 2 aromatic heterocycles. The highest BCUT2D eigenvalue weighted by Gasteiger charge is 2.09. The number of nitrogens with zero attached hydrogens (tertiary/aromatic N) is 1. The van der Waals surface area contributed by atoms with E-state index < -0.39 is 0 Å². The fraction of sp³-hybridized carbons (Fsp3) is 0.286. The summed E-state index contributed by atoms with van der Waals surface area (Å²) in [4.78, 5) is 17.0. The van der Waals surface area contributed by atoms with Crippen molar-refractivity contribution in [2.24, 2.45) is 0 Å². The molecule has 0 unspecified atom stereocenters. The van der Waals surface area contributed by atoms with Gasteiger partial charge < -0.3 is 10.4 Å². The predicted octanol–water partition coefficient (Wildman–Crippen LogP) is 2.18. The van der Waals surface area contributed by atoms with Crippen LogP contribution in [0.3, 0.4) is 0 Å². The van der Waals surface area contributed by atoms with Gasteiger partial charge in [0.05, 0.1) is 18.2 Å². The number of thiophene rings is 1. The van der Waals surface area contributed by atoms with Crippen LogP contribution in [0.5, 0.6) is 0 Å². The molecule has 0 saturated carbocycles. The molecule has 1 amide bonds. The standard InChI is InChI=1S/C14H14N2O2S2/c1-10-16-13(9-19-10)14(18)15-7-12-6-11(8-20-12)4-2-3-5-17/h6,8-9,17H,3,5,7H2,1H3,(H,15,18). The number of hydrogen-bond donors (Lipinski definition) is 2. The Morgan fingerprint density at radius 1 is 1.45 bits per heavy atom. The average Bonchev–Trinajstić information content (AvgIpc) is 3.05. The number of aliphatic hydroxyl groups is 1. The molecule has 0 radical (unpaired) electrons. The lowest BCUT2D eigenvalue weighted by molar-refractivity contribution is 0.0947. The number of amides is 1. The van der Waals surface area contributed by atoms with E-state index >= 15 is 0 Å². The third-order valence-electron chi connectivity index (χ3n) is 2.40. The molecule has 2 aromatic rings. The van der Waals surface area contributed by atoms with Gasteiger partial charge in [-0.15, -0.1) is 22.7 Å². The summed E-state index contributed by atoms with van der Waals surface area (Å²) in [5.74, 6) is 5.68. The number of aryl methyl sites for hydroxylation is 1. The molecule has 20 heavy (non-hydrogen) atoms. The quantitative estimate of drug-likeness (QED) is 0.851. The molecular formula is C14H14N2O2S2. The molecule has 2 rings (SSSR count). The summed E-state index contributed by atoms with van der Waals surface area (Å²) in [7, 11) is 0. The summed E-state index contributed by atoms with van der Waals surface area (Å²) in [5.41, 5.74) is 1.38. The van der Waals surface area contributed by atoms with Gasteiger partial charge in [-0.25, -0.2) is 4.98 Å². The fourth-order valence-electron chi connectivity index (χ4n) is 1.49. The van der Waals surface area contributed by atoms with Crippen LogP contribution in [0.15, 0.2) is 16.8 Å². The van der Waals surface area contributed by atoms with E-state index in [1.807, 2.05) is 18.4 Å². The van der Waals surface area contributed by atoms with Crippen LogP contribution < -0.4 is 5.32 Å². The smallest absolute Gasteiger partial charge is 0.271 e. The van der Waals surface area contributed by atoms with Crippen LogP contribution in [0.1, 0.15) is 32.4 Å². The Labute approximate surface area is 125 Å². The largest absolute Gasteiger partial charge is 0.395 e. The maximum Gasteiger partial charge on any atom is 0.271 e. The monoisotopic (exact) mass is 306 g/mol. The Kier molecular flexibility index (Phi) is 5.30. The summed E-state index contributed by atoms with van der Waals surface area (Å²) >= 11 is 3.01. The van der Waals surface area contributed by atoms with E-state index in [9.17, 15) is 4.79 Å². The van der Waals surface area contributed by atoms with Crippen molar-refractivity contribution < 1.29 is 9.90 Å². The van der Waals surface area contributed by atoms with Crippen LogP contribution in [0.25, 0.3) is 0 Å². The zero-order chi connectivity index (χ0) is 14.4. The first-order valence-corrected chi connectivity index (χ1v) is 7.82. The molecule has 4 nitrogen and oxygen atoms in total. The molecule has 0 saturated heterocycles. The SMILES string of the molecule is Cc1nc(C(=O)NCc2cc(C#CCCO)cs2)cs1. The van der Waals surface area contributed by atoms with E-state index in [0.29, 0.717) is 18.7 Å². The number of hydrogen-bond acceptors (Lipinski definition) is 5. The number of thiazole rings is 1. The maximum absolute atomic E-state index is 11.8. The van der Waals surface area contributed by atoms with E-state index in [2.05, 4.69) is 22.1 Å². The van der Waals surface area contributed by atoms with E-state index in [0.717, 1.165) is 15.4 Å². The van der Waals surface area contributed by atoms with Gasteiger partial charge in [-0.2, -0.15) is 0 Å². The molecular weight excluding hydrogens is 292 g/mol. The highest BCUT2D eigenvalue weighted by Crippen LogP contribution is 2.14. The van der Waals surface area contributed by atoms with Crippen LogP contribution in [-0.2, 0) is 6.54 Å². The van der Waals surface area contributed by atoms with Crippen molar-refractivity contribution in [1.29, 1.82) is 0 Å². The molecule has 2 heterocycles. The summed E-state index contributed by atoms with van der Waals surface area (Å²) in [5, 5.41) is 16.1. The zero-order valence-electron chi connectivity index (χ0n) is 11.0. The molecule has 0 aliphatic rings. The van der Waals surface area contributed by atoms with Crippen LogP contribution in [-0.4, -0.2) is 22.6 Å². The molecule has 0 fully saturated rings. The Morgan fingerprint density at radius 2 is 2.30 bits per heavy atom.